The fraction of sp³-hybridized carbons (Fsp3) is 0.214. The SMILES string of the molecule is O=c1ccn2c(n1)OC1C2O[C@H](COC(c2ccccc2)(c2ccccc2)c2ccccc2)[C@H]1O. The lowest BCUT2D eigenvalue weighted by Crippen LogP contribution is -2.40. The van der Waals surface area contributed by atoms with Crippen LogP contribution in [0.4, 0.5) is 0 Å². The summed E-state index contributed by atoms with van der Waals surface area (Å²) < 4.78 is 20.4. The Labute approximate surface area is 202 Å². The molecule has 4 aromatic rings. The first-order valence-electron chi connectivity index (χ1n) is 11.6. The molecule has 0 aliphatic carbocycles. The second-order valence-electron chi connectivity index (χ2n) is 8.68. The van der Waals surface area contributed by atoms with Crippen LogP contribution in [0.25, 0.3) is 0 Å². The van der Waals surface area contributed by atoms with Crippen LogP contribution in [0.1, 0.15) is 22.9 Å². The lowest BCUT2D eigenvalue weighted by atomic mass is 9.80. The smallest absolute Gasteiger partial charge is 0.302 e. The molecule has 0 saturated carbocycles. The molecule has 4 atom stereocenters. The van der Waals surface area contributed by atoms with Gasteiger partial charge < -0.3 is 19.3 Å². The Kier molecular flexibility index (Phi) is 5.45. The molecule has 2 aliphatic heterocycles. The molecule has 35 heavy (non-hydrogen) atoms. The largest absolute Gasteiger partial charge is 0.453 e. The van der Waals surface area contributed by atoms with Crippen molar-refractivity contribution in [1.29, 1.82) is 0 Å². The Morgan fingerprint density at radius 3 is 1.94 bits per heavy atom. The minimum absolute atomic E-state index is 0.110. The standard InChI is InChI=1S/C28H24N2O5/c31-23-16-17-30-26-25(35-27(30)29-23)24(32)22(34-26)18-33-28(19-10-4-1-5-11-19,20-12-6-2-7-13-20)21-14-8-3-9-15-21/h1-17,22,24-26,32H,18H2/t22-,24-,25?,26?/m1/s1. The highest BCUT2D eigenvalue weighted by Gasteiger charge is 2.52. The van der Waals surface area contributed by atoms with Gasteiger partial charge in [-0.1, -0.05) is 91.0 Å². The van der Waals surface area contributed by atoms with Crippen LogP contribution in [-0.2, 0) is 15.1 Å². The van der Waals surface area contributed by atoms with Crippen molar-refractivity contribution in [3.63, 3.8) is 0 Å². The van der Waals surface area contributed by atoms with Crippen LogP contribution in [0.5, 0.6) is 6.01 Å². The van der Waals surface area contributed by atoms with Crippen LogP contribution in [0.3, 0.4) is 0 Å². The summed E-state index contributed by atoms with van der Waals surface area (Å²) in [5.41, 5.74) is 1.58. The fourth-order valence-corrected chi connectivity index (χ4v) is 4.98. The molecule has 1 aromatic heterocycles. The van der Waals surface area contributed by atoms with Gasteiger partial charge in [0.05, 0.1) is 6.61 Å². The maximum atomic E-state index is 11.6. The predicted molar refractivity (Wildman–Crippen MR) is 128 cm³/mol. The van der Waals surface area contributed by atoms with Gasteiger partial charge in [0.15, 0.2) is 12.3 Å². The molecule has 2 unspecified atom stereocenters. The first-order chi connectivity index (χ1) is 17.2. The van der Waals surface area contributed by atoms with Crippen molar-refractivity contribution in [1.82, 2.24) is 9.55 Å². The molecule has 7 heteroatoms. The highest BCUT2D eigenvalue weighted by Crippen LogP contribution is 2.43. The number of aliphatic hydroxyl groups is 1. The van der Waals surface area contributed by atoms with Crippen molar-refractivity contribution in [2.24, 2.45) is 0 Å². The molecule has 176 valence electrons. The molecule has 3 aromatic carbocycles. The number of aromatic nitrogens is 2. The van der Waals surface area contributed by atoms with Gasteiger partial charge in [-0.15, -0.1) is 0 Å². The van der Waals surface area contributed by atoms with E-state index in [0.29, 0.717) is 0 Å². The highest BCUT2D eigenvalue weighted by atomic mass is 16.6. The zero-order valence-corrected chi connectivity index (χ0v) is 18.8. The van der Waals surface area contributed by atoms with E-state index in [1.165, 1.54) is 6.07 Å². The molecule has 0 bridgehead atoms. The molecule has 1 N–H and O–H groups in total. The molecule has 6 rings (SSSR count). The van der Waals surface area contributed by atoms with Gasteiger partial charge in [0.25, 0.3) is 5.56 Å². The third kappa shape index (κ3) is 3.65. The third-order valence-electron chi connectivity index (χ3n) is 6.64. The number of fused-ring (bicyclic) bond motifs is 3. The van der Waals surface area contributed by atoms with E-state index in [1.54, 1.807) is 10.8 Å². The number of nitrogens with zero attached hydrogens (tertiary/aromatic N) is 2. The summed E-state index contributed by atoms with van der Waals surface area (Å²) in [5, 5.41) is 11.1. The number of hydrogen-bond acceptors (Lipinski definition) is 6. The van der Waals surface area contributed by atoms with Crippen molar-refractivity contribution in [3.05, 3.63) is 130 Å². The number of rotatable bonds is 6. The van der Waals surface area contributed by atoms with Crippen LogP contribution < -0.4 is 10.3 Å². The lowest BCUT2D eigenvalue weighted by molar-refractivity contribution is -0.0936. The fourth-order valence-electron chi connectivity index (χ4n) is 4.98. The van der Waals surface area contributed by atoms with Crippen molar-refractivity contribution >= 4 is 0 Å². The van der Waals surface area contributed by atoms with Gasteiger partial charge in [-0.25, -0.2) is 0 Å². The van der Waals surface area contributed by atoms with E-state index in [0.717, 1.165) is 16.7 Å². The summed E-state index contributed by atoms with van der Waals surface area (Å²) in [6.07, 6.45) is -1.28. The van der Waals surface area contributed by atoms with E-state index in [4.69, 9.17) is 14.2 Å². The van der Waals surface area contributed by atoms with Gasteiger partial charge in [-0.3, -0.25) is 9.36 Å². The van der Waals surface area contributed by atoms with E-state index in [2.05, 4.69) is 4.98 Å². The lowest BCUT2D eigenvalue weighted by Gasteiger charge is -2.37. The Morgan fingerprint density at radius 1 is 0.857 bits per heavy atom. The molecular formula is C28H24N2O5. The van der Waals surface area contributed by atoms with Crippen molar-refractivity contribution in [2.75, 3.05) is 6.61 Å². The quantitative estimate of drug-likeness (QED) is 0.438. The molecule has 7 nitrogen and oxygen atoms in total. The maximum absolute atomic E-state index is 11.6. The van der Waals surface area contributed by atoms with Crippen molar-refractivity contribution < 1.29 is 19.3 Å². The minimum atomic E-state index is -0.961. The van der Waals surface area contributed by atoms with E-state index in [1.807, 2.05) is 91.0 Å². The Hall–Kier alpha value is -3.78. The van der Waals surface area contributed by atoms with Gasteiger partial charge in [0, 0.05) is 12.3 Å². The second-order valence-corrected chi connectivity index (χ2v) is 8.68. The molecule has 0 radical (unpaired) electrons. The minimum Gasteiger partial charge on any atom is -0.453 e. The normalized spacial score (nSPS) is 22.9. The van der Waals surface area contributed by atoms with Gasteiger partial charge in [0.1, 0.15) is 17.8 Å². The molecule has 1 saturated heterocycles. The first kappa shape index (κ1) is 21.7. The van der Waals surface area contributed by atoms with Gasteiger partial charge in [-0.05, 0) is 16.7 Å². The van der Waals surface area contributed by atoms with Crippen LogP contribution >= 0.6 is 0 Å². The average Bonchev–Trinajstić information content (AvgIpc) is 3.41. The molecule has 3 heterocycles. The van der Waals surface area contributed by atoms with Crippen LogP contribution in [0, 0.1) is 0 Å². The summed E-state index contributed by atoms with van der Waals surface area (Å²) in [5.74, 6) is 0. The van der Waals surface area contributed by atoms with Crippen LogP contribution in [0.2, 0.25) is 0 Å². The molecule has 0 spiro atoms. The number of hydrogen-bond donors (Lipinski definition) is 1. The maximum Gasteiger partial charge on any atom is 0.302 e. The summed E-state index contributed by atoms with van der Waals surface area (Å²) in [6.45, 7) is 0.110. The Balaban J connectivity index is 1.37. The summed E-state index contributed by atoms with van der Waals surface area (Å²) in [4.78, 5) is 15.4. The van der Waals surface area contributed by atoms with Gasteiger partial charge in [0.2, 0.25) is 0 Å². The summed E-state index contributed by atoms with van der Waals surface area (Å²) in [7, 11) is 0. The van der Waals surface area contributed by atoms with E-state index in [9.17, 15) is 9.90 Å². The number of benzene rings is 3. The van der Waals surface area contributed by atoms with E-state index >= 15 is 0 Å². The zero-order valence-electron chi connectivity index (χ0n) is 18.8. The van der Waals surface area contributed by atoms with Crippen molar-refractivity contribution in [2.45, 2.75) is 30.1 Å². The van der Waals surface area contributed by atoms with E-state index in [-0.39, 0.29) is 12.6 Å². The topological polar surface area (TPSA) is 82.8 Å². The molecule has 2 aliphatic rings. The molecule has 0 amide bonds. The van der Waals surface area contributed by atoms with E-state index < -0.39 is 35.7 Å². The zero-order chi connectivity index (χ0) is 23.8. The summed E-state index contributed by atoms with van der Waals surface area (Å²) >= 11 is 0. The Morgan fingerprint density at radius 2 is 1.40 bits per heavy atom. The predicted octanol–water partition coefficient (Wildman–Crippen LogP) is 3.27. The van der Waals surface area contributed by atoms with Gasteiger partial charge >= 0.3 is 6.01 Å². The van der Waals surface area contributed by atoms with Gasteiger partial charge in [-0.2, -0.15) is 4.98 Å². The number of aliphatic hydroxyl groups excluding tert-OH is 1. The summed E-state index contributed by atoms with van der Waals surface area (Å²) in [6, 6.07) is 31.6. The highest BCUT2D eigenvalue weighted by molar-refractivity contribution is 5.47. The Bertz CT molecular complexity index is 1260. The average molecular weight is 469 g/mol. The number of ether oxygens (including phenoxy) is 3. The monoisotopic (exact) mass is 468 g/mol. The second kappa shape index (κ2) is 8.78. The molecule has 1 fully saturated rings. The molecular weight excluding hydrogens is 444 g/mol. The van der Waals surface area contributed by atoms with Crippen LogP contribution in [0.15, 0.2) is 108 Å². The first-order valence-corrected chi connectivity index (χ1v) is 11.6. The third-order valence-corrected chi connectivity index (χ3v) is 6.64. The van der Waals surface area contributed by atoms with Crippen LogP contribution in [-0.4, -0.2) is 39.6 Å². The van der Waals surface area contributed by atoms with Crippen molar-refractivity contribution in [3.8, 4) is 6.01 Å².